The standard InChI is InChI=1S/C20H21Cl2N3O3/c21-15-2-3-16(22)17(10-15)23-20(26)12-25-7-5-24(6-8-25)11-14-1-4-18-19(9-14)28-13-27-18/h1-4,9-10H,5-8,11-13H2,(H,23,26). The Labute approximate surface area is 173 Å². The van der Waals surface area contributed by atoms with Crippen LogP contribution in [0.25, 0.3) is 0 Å². The lowest BCUT2D eigenvalue weighted by atomic mass is 10.1. The van der Waals surface area contributed by atoms with Crippen molar-refractivity contribution in [2.75, 3.05) is 44.8 Å². The average molecular weight is 422 g/mol. The second-order valence-corrected chi connectivity index (χ2v) is 7.76. The largest absolute Gasteiger partial charge is 0.454 e. The number of piperazine rings is 1. The zero-order valence-electron chi connectivity index (χ0n) is 15.3. The van der Waals surface area contributed by atoms with Crippen molar-refractivity contribution in [3.8, 4) is 11.5 Å². The fourth-order valence-electron chi connectivity index (χ4n) is 3.39. The van der Waals surface area contributed by atoms with Crippen LogP contribution in [-0.4, -0.2) is 55.2 Å². The van der Waals surface area contributed by atoms with Gasteiger partial charge in [0, 0.05) is 37.7 Å². The van der Waals surface area contributed by atoms with Gasteiger partial charge in [0.25, 0.3) is 0 Å². The molecule has 2 aliphatic heterocycles. The summed E-state index contributed by atoms with van der Waals surface area (Å²) in [7, 11) is 0. The van der Waals surface area contributed by atoms with Crippen LogP contribution in [0.1, 0.15) is 5.56 Å². The summed E-state index contributed by atoms with van der Waals surface area (Å²) in [5, 5.41) is 3.85. The fraction of sp³-hybridized carbons (Fsp3) is 0.350. The van der Waals surface area contributed by atoms with Crippen molar-refractivity contribution >= 4 is 34.8 Å². The highest BCUT2D eigenvalue weighted by atomic mass is 35.5. The quantitative estimate of drug-likeness (QED) is 0.800. The molecule has 0 unspecified atom stereocenters. The number of rotatable bonds is 5. The molecule has 0 saturated carbocycles. The number of amides is 1. The molecule has 2 aliphatic rings. The van der Waals surface area contributed by atoms with Gasteiger partial charge in [-0.05, 0) is 35.9 Å². The summed E-state index contributed by atoms with van der Waals surface area (Å²) < 4.78 is 10.8. The Morgan fingerprint density at radius 1 is 0.964 bits per heavy atom. The summed E-state index contributed by atoms with van der Waals surface area (Å²) in [6, 6.07) is 11.1. The SMILES string of the molecule is O=C(CN1CCN(Cc2ccc3c(c2)OCO3)CC1)Nc1cc(Cl)ccc1Cl. The maximum Gasteiger partial charge on any atom is 0.238 e. The van der Waals surface area contributed by atoms with Crippen LogP contribution in [0.15, 0.2) is 36.4 Å². The molecule has 1 fully saturated rings. The number of anilines is 1. The van der Waals surface area contributed by atoms with Gasteiger partial charge in [-0.25, -0.2) is 0 Å². The van der Waals surface area contributed by atoms with Crippen molar-refractivity contribution in [2.45, 2.75) is 6.54 Å². The number of carbonyl (C=O) groups is 1. The minimum absolute atomic E-state index is 0.0895. The van der Waals surface area contributed by atoms with Gasteiger partial charge < -0.3 is 14.8 Å². The maximum atomic E-state index is 12.3. The van der Waals surface area contributed by atoms with E-state index in [0.29, 0.717) is 29.1 Å². The molecule has 8 heteroatoms. The first-order valence-electron chi connectivity index (χ1n) is 9.15. The average Bonchev–Trinajstić information content (AvgIpc) is 3.14. The molecule has 0 radical (unpaired) electrons. The van der Waals surface area contributed by atoms with E-state index in [4.69, 9.17) is 32.7 Å². The molecule has 6 nitrogen and oxygen atoms in total. The summed E-state index contributed by atoms with van der Waals surface area (Å²) in [6.45, 7) is 4.96. The van der Waals surface area contributed by atoms with Crippen LogP contribution in [0.3, 0.4) is 0 Å². The number of ether oxygens (including phenoxy) is 2. The summed E-state index contributed by atoms with van der Waals surface area (Å²) >= 11 is 12.1. The Hall–Kier alpha value is -1.99. The van der Waals surface area contributed by atoms with E-state index in [9.17, 15) is 4.79 Å². The van der Waals surface area contributed by atoms with Gasteiger partial charge in [0.2, 0.25) is 12.7 Å². The zero-order valence-corrected chi connectivity index (χ0v) is 16.8. The monoisotopic (exact) mass is 421 g/mol. The van der Waals surface area contributed by atoms with Crippen LogP contribution in [0.5, 0.6) is 11.5 Å². The number of hydrogen-bond acceptors (Lipinski definition) is 5. The van der Waals surface area contributed by atoms with Gasteiger partial charge in [-0.15, -0.1) is 0 Å². The Kier molecular flexibility index (Phi) is 5.92. The summed E-state index contributed by atoms with van der Waals surface area (Å²) in [5.74, 6) is 1.53. The number of benzene rings is 2. The maximum absolute atomic E-state index is 12.3. The third kappa shape index (κ3) is 4.70. The molecule has 28 heavy (non-hydrogen) atoms. The molecule has 0 aromatic heterocycles. The molecular formula is C20H21Cl2N3O3. The highest BCUT2D eigenvalue weighted by Gasteiger charge is 2.20. The second-order valence-electron chi connectivity index (χ2n) is 6.91. The molecular weight excluding hydrogens is 401 g/mol. The molecule has 2 aromatic carbocycles. The minimum atomic E-state index is -0.0895. The van der Waals surface area contributed by atoms with E-state index in [2.05, 4.69) is 21.2 Å². The van der Waals surface area contributed by atoms with Crippen LogP contribution < -0.4 is 14.8 Å². The molecule has 1 saturated heterocycles. The third-order valence-electron chi connectivity index (χ3n) is 4.88. The molecule has 2 heterocycles. The number of hydrogen-bond donors (Lipinski definition) is 1. The lowest BCUT2D eigenvalue weighted by molar-refractivity contribution is -0.117. The highest BCUT2D eigenvalue weighted by Crippen LogP contribution is 2.33. The van der Waals surface area contributed by atoms with Crippen molar-refractivity contribution in [2.24, 2.45) is 0 Å². The molecule has 4 rings (SSSR count). The van der Waals surface area contributed by atoms with E-state index in [1.807, 2.05) is 12.1 Å². The molecule has 1 amide bonds. The van der Waals surface area contributed by atoms with E-state index in [-0.39, 0.29) is 5.91 Å². The first-order chi connectivity index (χ1) is 13.6. The zero-order chi connectivity index (χ0) is 19.5. The number of nitrogens with zero attached hydrogens (tertiary/aromatic N) is 2. The molecule has 0 bridgehead atoms. The van der Waals surface area contributed by atoms with E-state index in [1.165, 1.54) is 5.56 Å². The number of fused-ring (bicyclic) bond motifs is 1. The molecule has 1 N–H and O–H groups in total. The lowest BCUT2D eigenvalue weighted by Gasteiger charge is -2.34. The smallest absolute Gasteiger partial charge is 0.238 e. The topological polar surface area (TPSA) is 54.0 Å². The van der Waals surface area contributed by atoms with E-state index in [0.717, 1.165) is 44.2 Å². The predicted octanol–water partition coefficient (Wildman–Crippen LogP) is 3.48. The normalized spacial score (nSPS) is 16.9. The summed E-state index contributed by atoms with van der Waals surface area (Å²) in [4.78, 5) is 16.8. The molecule has 0 aliphatic carbocycles. The fourth-order valence-corrected chi connectivity index (χ4v) is 3.73. The van der Waals surface area contributed by atoms with Gasteiger partial charge in [-0.2, -0.15) is 0 Å². The van der Waals surface area contributed by atoms with E-state index < -0.39 is 0 Å². The van der Waals surface area contributed by atoms with E-state index >= 15 is 0 Å². The van der Waals surface area contributed by atoms with Crippen LogP contribution >= 0.6 is 23.2 Å². The van der Waals surface area contributed by atoms with Gasteiger partial charge >= 0.3 is 0 Å². The van der Waals surface area contributed by atoms with Crippen molar-refractivity contribution in [3.63, 3.8) is 0 Å². The third-order valence-corrected chi connectivity index (χ3v) is 5.44. The minimum Gasteiger partial charge on any atom is -0.454 e. The number of nitrogens with one attached hydrogen (secondary N) is 1. The Morgan fingerprint density at radius 2 is 1.71 bits per heavy atom. The Balaban J connectivity index is 1.25. The van der Waals surface area contributed by atoms with Crippen LogP contribution in [0.2, 0.25) is 10.0 Å². The first kappa shape index (κ1) is 19.3. The second kappa shape index (κ2) is 8.57. The van der Waals surface area contributed by atoms with Crippen LogP contribution in [0.4, 0.5) is 5.69 Å². The van der Waals surface area contributed by atoms with Crippen LogP contribution in [-0.2, 0) is 11.3 Å². The van der Waals surface area contributed by atoms with Gasteiger partial charge in [0.15, 0.2) is 11.5 Å². The number of carbonyl (C=O) groups excluding carboxylic acids is 1. The van der Waals surface area contributed by atoms with Crippen molar-refractivity contribution in [1.29, 1.82) is 0 Å². The summed E-state index contributed by atoms with van der Waals surface area (Å²) in [5.41, 5.74) is 1.74. The van der Waals surface area contributed by atoms with Crippen molar-refractivity contribution in [3.05, 3.63) is 52.0 Å². The van der Waals surface area contributed by atoms with Gasteiger partial charge in [-0.1, -0.05) is 29.3 Å². The molecule has 0 atom stereocenters. The summed E-state index contributed by atoms with van der Waals surface area (Å²) in [6.07, 6.45) is 0. The van der Waals surface area contributed by atoms with Crippen molar-refractivity contribution in [1.82, 2.24) is 9.80 Å². The van der Waals surface area contributed by atoms with Gasteiger partial charge in [-0.3, -0.25) is 14.6 Å². The van der Waals surface area contributed by atoms with Gasteiger partial charge in [0.05, 0.1) is 17.3 Å². The number of halogens is 2. The first-order valence-corrected chi connectivity index (χ1v) is 9.90. The van der Waals surface area contributed by atoms with Gasteiger partial charge in [0.1, 0.15) is 0 Å². The highest BCUT2D eigenvalue weighted by molar-refractivity contribution is 6.35. The van der Waals surface area contributed by atoms with Crippen LogP contribution in [0, 0.1) is 0 Å². The molecule has 148 valence electrons. The Bertz CT molecular complexity index is 870. The lowest BCUT2D eigenvalue weighted by Crippen LogP contribution is -2.48. The Morgan fingerprint density at radius 3 is 2.54 bits per heavy atom. The molecule has 2 aromatic rings. The predicted molar refractivity (Wildman–Crippen MR) is 109 cm³/mol. The molecule has 0 spiro atoms. The van der Waals surface area contributed by atoms with E-state index in [1.54, 1.807) is 18.2 Å². The van der Waals surface area contributed by atoms with Crippen molar-refractivity contribution < 1.29 is 14.3 Å².